The second-order valence-electron chi connectivity index (χ2n) is 6.39. The molecule has 110 valence electrons. The number of carbonyl (C=O) groups excluding carboxylic acids is 1. The molecule has 0 N–H and O–H groups in total. The summed E-state index contributed by atoms with van der Waals surface area (Å²) in [4.78, 5) is 18.2. The van der Waals surface area contributed by atoms with Crippen LogP contribution in [0.4, 0.5) is 4.39 Å². The number of Topliss-reactive ketones (excluding diaryl/α,β-unsaturated/α-hetero) is 1. The zero-order valence-electron chi connectivity index (χ0n) is 12.4. The first-order chi connectivity index (χ1) is 9.46. The van der Waals surface area contributed by atoms with E-state index in [4.69, 9.17) is 0 Å². The van der Waals surface area contributed by atoms with Gasteiger partial charge in [0.15, 0.2) is 5.78 Å². The fraction of sp³-hybridized carbons (Fsp3) is 0.625. The van der Waals surface area contributed by atoms with Crippen molar-refractivity contribution in [1.29, 1.82) is 0 Å². The molecule has 2 rings (SSSR count). The van der Waals surface area contributed by atoms with Crippen molar-refractivity contribution in [1.82, 2.24) is 9.88 Å². The molecule has 4 heteroatoms. The number of ketones is 1. The molecule has 0 spiro atoms. The number of hydrogen-bond donors (Lipinski definition) is 0. The van der Waals surface area contributed by atoms with Crippen LogP contribution in [-0.2, 0) is 0 Å². The molecule has 2 heterocycles. The van der Waals surface area contributed by atoms with Crippen LogP contribution in [0.25, 0.3) is 0 Å². The fourth-order valence-corrected chi connectivity index (χ4v) is 2.63. The third-order valence-electron chi connectivity index (χ3n) is 4.10. The molecule has 3 nitrogen and oxygen atoms in total. The molecule has 1 aromatic heterocycles. The summed E-state index contributed by atoms with van der Waals surface area (Å²) in [5, 5.41) is 0. The summed E-state index contributed by atoms with van der Waals surface area (Å²) >= 11 is 0. The summed E-state index contributed by atoms with van der Waals surface area (Å²) in [6, 6.07) is 2.75. The van der Waals surface area contributed by atoms with Crippen LogP contribution in [-0.4, -0.2) is 35.3 Å². The van der Waals surface area contributed by atoms with Crippen LogP contribution in [0.1, 0.15) is 50.0 Å². The zero-order valence-corrected chi connectivity index (χ0v) is 12.4. The molecule has 0 unspecified atom stereocenters. The Kier molecular flexibility index (Phi) is 4.86. The van der Waals surface area contributed by atoms with E-state index in [0.29, 0.717) is 17.5 Å². The number of nitrogens with zero attached hydrogens (tertiary/aromatic N) is 2. The van der Waals surface area contributed by atoms with Crippen molar-refractivity contribution < 1.29 is 9.18 Å². The van der Waals surface area contributed by atoms with Crippen molar-refractivity contribution in [3.63, 3.8) is 0 Å². The lowest BCUT2D eigenvalue weighted by Gasteiger charge is -2.23. The molecule has 0 bridgehead atoms. The van der Waals surface area contributed by atoms with Crippen LogP contribution in [0.5, 0.6) is 0 Å². The Balaban J connectivity index is 1.83. The van der Waals surface area contributed by atoms with E-state index in [0.717, 1.165) is 25.8 Å². The summed E-state index contributed by atoms with van der Waals surface area (Å²) in [7, 11) is 0. The summed E-state index contributed by atoms with van der Waals surface area (Å²) in [6.07, 6.45) is 5.17. The summed E-state index contributed by atoms with van der Waals surface area (Å²) in [5.41, 5.74) is 0.777. The van der Waals surface area contributed by atoms with E-state index in [9.17, 15) is 9.18 Å². The van der Waals surface area contributed by atoms with Crippen LogP contribution < -0.4 is 0 Å². The Bertz CT molecular complexity index is 456. The molecule has 1 aromatic rings. The SMILES string of the molecule is CC1(C)CCCN(CCC(=O)c2ccc(F)cn2)CC1. The molecule has 1 fully saturated rings. The van der Waals surface area contributed by atoms with Gasteiger partial charge in [-0.3, -0.25) is 9.78 Å². The highest BCUT2D eigenvalue weighted by Gasteiger charge is 2.23. The van der Waals surface area contributed by atoms with E-state index in [1.165, 1.54) is 31.4 Å². The predicted molar refractivity (Wildman–Crippen MR) is 77.2 cm³/mol. The lowest BCUT2D eigenvalue weighted by atomic mass is 9.85. The van der Waals surface area contributed by atoms with Crippen molar-refractivity contribution >= 4 is 5.78 Å². The molecule has 1 aliphatic heterocycles. The number of rotatable bonds is 4. The van der Waals surface area contributed by atoms with E-state index in [1.54, 1.807) is 0 Å². The lowest BCUT2D eigenvalue weighted by Crippen LogP contribution is -2.28. The number of halogens is 1. The standard InChI is InChI=1S/C16H23FN2O/c1-16(2)7-3-9-19(11-8-16)10-6-15(20)14-5-4-13(17)12-18-14/h4-5,12H,3,6-11H2,1-2H3. The van der Waals surface area contributed by atoms with Crippen molar-refractivity contribution in [2.75, 3.05) is 19.6 Å². The van der Waals surface area contributed by atoms with Gasteiger partial charge < -0.3 is 4.90 Å². The highest BCUT2D eigenvalue weighted by Crippen LogP contribution is 2.29. The van der Waals surface area contributed by atoms with Gasteiger partial charge in [-0.05, 0) is 49.9 Å². The van der Waals surface area contributed by atoms with Gasteiger partial charge >= 0.3 is 0 Å². The maximum atomic E-state index is 12.8. The van der Waals surface area contributed by atoms with E-state index < -0.39 is 5.82 Å². The number of pyridine rings is 1. The van der Waals surface area contributed by atoms with E-state index in [1.807, 2.05) is 0 Å². The first kappa shape index (κ1) is 15.1. The first-order valence-electron chi connectivity index (χ1n) is 7.33. The molecule has 1 saturated heterocycles. The zero-order chi connectivity index (χ0) is 14.6. The first-order valence-corrected chi connectivity index (χ1v) is 7.33. The Labute approximate surface area is 120 Å². The van der Waals surface area contributed by atoms with Gasteiger partial charge in [-0.25, -0.2) is 4.39 Å². The van der Waals surface area contributed by atoms with Gasteiger partial charge in [0.1, 0.15) is 11.5 Å². The second-order valence-corrected chi connectivity index (χ2v) is 6.39. The predicted octanol–water partition coefficient (Wildman–Crippen LogP) is 3.31. The monoisotopic (exact) mass is 278 g/mol. The van der Waals surface area contributed by atoms with E-state index in [2.05, 4.69) is 23.7 Å². The largest absolute Gasteiger partial charge is 0.303 e. The molecule has 0 radical (unpaired) electrons. The summed E-state index contributed by atoms with van der Waals surface area (Å²) in [6.45, 7) is 7.51. The third-order valence-corrected chi connectivity index (χ3v) is 4.10. The van der Waals surface area contributed by atoms with Gasteiger partial charge in [-0.2, -0.15) is 0 Å². The molecule has 0 aromatic carbocycles. The molecule has 0 atom stereocenters. The molecular formula is C16H23FN2O. The summed E-state index contributed by atoms with van der Waals surface area (Å²) in [5.74, 6) is -0.412. The molecule has 1 aliphatic rings. The molecular weight excluding hydrogens is 255 g/mol. The molecule has 0 saturated carbocycles. The van der Waals surface area contributed by atoms with Crippen LogP contribution >= 0.6 is 0 Å². The highest BCUT2D eigenvalue weighted by molar-refractivity contribution is 5.94. The number of likely N-dealkylation sites (tertiary alicyclic amines) is 1. The minimum atomic E-state index is -0.406. The number of carbonyl (C=O) groups is 1. The van der Waals surface area contributed by atoms with Crippen LogP contribution in [0, 0.1) is 11.2 Å². The number of aromatic nitrogens is 1. The molecule has 20 heavy (non-hydrogen) atoms. The normalized spacial score (nSPS) is 19.6. The Morgan fingerprint density at radius 3 is 2.85 bits per heavy atom. The van der Waals surface area contributed by atoms with Gasteiger partial charge in [-0.15, -0.1) is 0 Å². The van der Waals surface area contributed by atoms with Crippen molar-refractivity contribution in [3.05, 3.63) is 29.8 Å². The minimum absolute atomic E-state index is 0.00601. The van der Waals surface area contributed by atoms with E-state index >= 15 is 0 Å². The van der Waals surface area contributed by atoms with E-state index in [-0.39, 0.29) is 5.78 Å². The summed E-state index contributed by atoms with van der Waals surface area (Å²) < 4.78 is 12.8. The van der Waals surface area contributed by atoms with Crippen molar-refractivity contribution in [2.24, 2.45) is 5.41 Å². The minimum Gasteiger partial charge on any atom is -0.303 e. The van der Waals surface area contributed by atoms with Crippen LogP contribution in [0.3, 0.4) is 0 Å². The maximum Gasteiger partial charge on any atom is 0.182 e. The maximum absolute atomic E-state index is 12.8. The Morgan fingerprint density at radius 1 is 1.35 bits per heavy atom. The second kappa shape index (κ2) is 6.44. The Hall–Kier alpha value is -1.29. The van der Waals surface area contributed by atoms with Gasteiger partial charge in [0, 0.05) is 13.0 Å². The van der Waals surface area contributed by atoms with Crippen LogP contribution in [0.2, 0.25) is 0 Å². The smallest absolute Gasteiger partial charge is 0.182 e. The number of hydrogen-bond acceptors (Lipinski definition) is 3. The van der Waals surface area contributed by atoms with Crippen LogP contribution in [0.15, 0.2) is 18.3 Å². The average Bonchev–Trinajstić information content (AvgIpc) is 2.58. The van der Waals surface area contributed by atoms with Crippen molar-refractivity contribution in [2.45, 2.75) is 39.5 Å². The van der Waals surface area contributed by atoms with Gasteiger partial charge in [-0.1, -0.05) is 13.8 Å². The Morgan fingerprint density at radius 2 is 2.15 bits per heavy atom. The highest BCUT2D eigenvalue weighted by atomic mass is 19.1. The molecule has 0 aliphatic carbocycles. The van der Waals surface area contributed by atoms with Crippen molar-refractivity contribution in [3.8, 4) is 0 Å². The quantitative estimate of drug-likeness (QED) is 0.792. The third kappa shape index (κ3) is 4.37. The topological polar surface area (TPSA) is 33.2 Å². The van der Waals surface area contributed by atoms with Gasteiger partial charge in [0.25, 0.3) is 0 Å². The van der Waals surface area contributed by atoms with Gasteiger partial charge in [0.05, 0.1) is 6.20 Å². The lowest BCUT2D eigenvalue weighted by molar-refractivity contribution is 0.0959. The fourth-order valence-electron chi connectivity index (χ4n) is 2.63. The van der Waals surface area contributed by atoms with Gasteiger partial charge in [0.2, 0.25) is 0 Å². The molecule has 0 amide bonds. The average molecular weight is 278 g/mol.